The van der Waals surface area contributed by atoms with Crippen LogP contribution < -0.4 is 21.3 Å². The van der Waals surface area contributed by atoms with E-state index in [9.17, 15) is 9.59 Å². The fourth-order valence-corrected chi connectivity index (χ4v) is 4.54. The van der Waals surface area contributed by atoms with Crippen LogP contribution in [0.1, 0.15) is 49.3 Å². The number of anilines is 2. The van der Waals surface area contributed by atoms with Crippen LogP contribution in [0.3, 0.4) is 0 Å². The number of benzene rings is 1. The van der Waals surface area contributed by atoms with Crippen molar-refractivity contribution in [1.82, 2.24) is 30.2 Å². The molecule has 4 heterocycles. The van der Waals surface area contributed by atoms with Crippen LogP contribution in [0.5, 0.6) is 0 Å². The number of hydrogen-bond acceptors (Lipinski definition) is 10. The smallest absolute Gasteiger partial charge is 0.302 e. The van der Waals surface area contributed by atoms with Gasteiger partial charge < -0.3 is 25.4 Å². The molecular weight excluding hydrogens is 512 g/mol. The standard InChI is InChI=1S/C28H34N8O4/c1-18(2)22-16-31-36-25(22)34-27(32-21-8-11-39-12-9-21)35-28(36)30-15-20-5-3-4-19(14-20)6-7-24(37)33-26(38)23-17-40-13-10-29-23/h3-5,14,16,18,21,23,29H,8-13,15,17H2,1-2H3,(H,33,37,38)(H2,30,32,34,35). The van der Waals surface area contributed by atoms with Gasteiger partial charge in [0.2, 0.25) is 17.8 Å². The number of carbonyl (C=O) groups excluding carboxylic acids is 2. The van der Waals surface area contributed by atoms with E-state index in [4.69, 9.17) is 19.4 Å². The average Bonchev–Trinajstić information content (AvgIpc) is 3.41. The number of fused-ring (bicyclic) bond motifs is 1. The number of rotatable bonds is 7. The molecule has 1 atom stereocenters. The number of nitrogens with zero attached hydrogens (tertiary/aromatic N) is 4. The monoisotopic (exact) mass is 546 g/mol. The third-order valence-electron chi connectivity index (χ3n) is 6.74. The Morgan fingerprint density at radius 3 is 2.80 bits per heavy atom. The molecule has 0 radical (unpaired) electrons. The lowest BCUT2D eigenvalue weighted by molar-refractivity contribution is -0.131. The van der Waals surface area contributed by atoms with Crippen molar-refractivity contribution in [1.29, 1.82) is 0 Å². The van der Waals surface area contributed by atoms with Crippen LogP contribution in [0, 0.1) is 11.8 Å². The summed E-state index contributed by atoms with van der Waals surface area (Å²) in [6, 6.07) is 7.22. The number of imide groups is 1. The van der Waals surface area contributed by atoms with Crippen molar-refractivity contribution in [3.05, 3.63) is 47.2 Å². The first-order valence-corrected chi connectivity index (χ1v) is 13.6. The van der Waals surface area contributed by atoms with Crippen molar-refractivity contribution < 1.29 is 19.1 Å². The Hall–Kier alpha value is -4.05. The van der Waals surface area contributed by atoms with Crippen molar-refractivity contribution >= 4 is 29.4 Å². The van der Waals surface area contributed by atoms with E-state index in [-0.39, 0.29) is 18.6 Å². The summed E-state index contributed by atoms with van der Waals surface area (Å²) in [4.78, 5) is 33.9. The van der Waals surface area contributed by atoms with Gasteiger partial charge in [0.15, 0.2) is 5.65 Å². The third-order valence-corrected chi connectivity index (χ3v) is 6.74. The molecule has 3 aromatic rings. The van der Waals surface area contributed by atoms with Gasteiger partial charge in [-0.2, -0.15) is 19.6 Å². The number of carbonyl (C=O) groups is 2. The molecule has 5 rings (SSSR count). The van der Waals surface area contributed by atoms with E-state index in [1.165, 1.54) is 0 Å². The molecule has 1 aromatic carbocycles. The zero-order valence-corrected chi connectivity index (χ0v) is 22.7. The van der Waals surface area contributed by atoms with Gasteiger partial charge in [-0.3, -0.25) is 14.9 Å². The molecule has 12 nitrogen and oxygen atoms in total. The molecule has 40 heavy (non-hydrogen) atoms. The second kappa shape index (κ2) is 12.9. The summed E-state index contributed by atoms with van der Waals surface area (Å²) in [5.41, 5.74) is 3.39. The zero-order chi connectivity index (χ0) is 27.9. The number of ether oxygens (including phenoxy) is 2. The average molecular weight is 547 g/mol. The van der Waals surface area contributed by atoms with Gasteiger partial charge in [-0.25, -0.2) is 0 Å². The summed E-state index contributed by atoms with van der Waals surface area (Å²) in [5, 5.41) is 16.7. The summed E-state index contributed by atoms with van der Waals surface area (Å²) in [6.45, 7) is 7.45. The molecule has 0 saturated carbocycles. The number of morpholine rings is 1. The van der Waals surface area contributed by atoms with E-state index in [2.05, 4.69) is 52.1 Å². The van der Waals surface area contributed by atoms with Crippen molar-refractivity contribution in [2.24, 2.45) is 0 Å². The Bertz CT molecular complexity index is 1410. The lowest BCUT2D eigenvalue weighted by Crippen LogP contribution is -2.52. The summed E-state index contributed by atoms with van der Waals surface area (Å²) in [6.07, 6.45) is 3.64. The SMILES string of the molecule is CC(C)c1cnn2c(NCc3cccc(C#CC(=O)NC(=O)C4COCCN4)c3)nc(NC3CCOCC3)nc12. The van der Waals surface area contributed by atoms with E-state index >= 15 is 0 Å². The zero-order valence-electron chi connectivity index (χ0n) is 22.7. The molecule has 2 aliphatic rings. The Morgan fingerprint density at radius 2 is 2.02 bits per heavy atom. The maximum atomic E-state index is 12.2. The molecule has 2 saturated heterocycles. The van der Waals surface area contributed by atoms with Crippen LogP contribution in [0.2, 0.25) is 0 Å². The van der Waals surface area contributed by atoms with Gasteiger partial charge >= 0.3 is 5.91 Å². The van der Waals surface area contributed by atoms with E-state index in [0.717, 1.165) is 42.8 Å². The molecule has 2 fully saturated rings. The molecule has 2 amide bonds. The highest BCUT2D eigenvalue weighted by atomic mass is 16.5. The number of nitrogens with one attached hydrogen (secondary N) is 4. The first-order chi connectivity index (χ1) is 19.5. The van der Waals surface area contributed by atoms with Crippen LogP contribution >= 0.6 is 0 Å². The van der Waals surface area contributed by atoms with Crippen LogP contribution in [0.25, 0.3) is 5.65 Å². The van der Waals surface area contributed by atoms with Gasteiger partial charge in [0.05, 0.1) is 19.4 Å². The molecule has 0 aliphatic carbocycles. The van der Waals surface area contributed by atoms with Crippen molar-refractivity contribution in [2.45, 2.75) is 51.2 Å². The normalized spacial score (nSPS) is 17.7. The van der Waals surface area contributed by atoms with Crippen LogP contribution in [0.15, 0.2) is 30.5 Å². The van der Waals surface area contributed by atoms with E-state index in [1.807, 2.05) is 30.5 Å². The molecule has 4 N–H and O–H groups in total. The van der Waals surface area contributed by atoms with Crippen LogP contribution in [0.4, 0.5) is 11.9 Å². The number of amides is 2. The molecule has 2 aromatic heterocycles. The Morgan fingerprint density at radius 1 is 1.18 bits per heavy atom. The topological polar surface area (TPSA) is 144 Å². The van der Waals surface area contributed by atoms with E-state index < -0.39 is 17.9 Å². The molecule has 210 valence electrons. The lowest BCUT2D eigenvalue weighted by Gasteiger charge is -2.23. The number of aromatic nitrogens is 4. The van der Waals surface area contributed by atoms with E-state index in [1.54, 1.807) is 4.52 Å². The lowest BCUT2D eigenvalue weighted by atomic mass is 10.1. The molecular formula is C28H34N8O4. The van der Waals surface area contributed by atoms with Crippen molar-refractivity contribution in [3.63, 3.8) is 0 Å². The Kier molecular flexibility index (Phi) is 8.85. The van der Waals surface area contributed by atoms with E-state index in [0.29, 0.717) is 37.2 Å². The van der Waals surface area contributed by atoms with Gasteiger partial charge in [-0.15, -0.1) is 0 Å². The summed E-state index contributed by atoms with van der Waals surface area (Å²) < 4.78 is 12.5. The molecule has 0 spiro atoms. The van der Waals surface area contributed by atoms with Crippen molar-refractivity contribution in [3.8, 4) is 11.8 Å². The summed E-state index contributed by atoms with van der Waals surface area (Å²) >= 11 is 0. The Labute approximate surface area is 232 Å². The summed E-state index contributed by atoms with van der Waals surface area (Å²) in [7, 11) is 0. The highest BCUT2D eigenvalue weighted by molar-refractivity contribution is 6.06. The highest BCUT2D eigenvalue weighted by Crippen LogP contribution is 2.23. The van der Waals surface area contributed by atoms with Gasteiger partial charge in [0.25, 0.3) is 0 Å². The largest absolute Gasteiger partial charge is 0.381 e. The minimum atomic E-state index is -0.659. The first kappa shape index (κ1) is 27.5. The first-order valence-electron chi connectivity index (χ1n) is 13.6. The van der Waals surface area contributed by atoms with Crippen LogP contribution in [-0.2, 0) is 25.6 Å². The maximum absolute atomic E-state index is 12.2. The highest BCUT2D eigenvalue weighted by Gasteiger charge is 2.22. The predicted molar refractivity (Wildman–Crippen MR) is 149 cm³/mol. The van der Waals surface area contributed by atoms with Gasteiger partial charge in [0.1, 0.15) is 6.04 Å². The molecule has 0 bridgehead atoms. The molecule has 1 unspecified atom stereocenters. The van der Waals surface area contributed by atoms with Gasteiger partial charge in [-0.1, -0.05) is 31.9 Å². The van der Waals surface area contributed by atoms with Gasteiger partial charge in [-0.05, 0) is 36.5 Å². The fraction of sp³-hybridized carbons (Fsp3) is 0.464. The van der Waals surface area contributed by atoms with Crippen LogP contribution in [-0.4, -0.2) is 76.5 Å². The minimum Gasteiger partial charge on any atom is -0.381 e. The predicted octanol–water partition coefficient (Wildman–Crippen LogP) is 1.43. The Balaban J connectivity index is 1.27. The second-order valence-corrected chi connectivity index (χ2v) is 10.1. The molecule has 12 heteroatoms. The fourth-order valence-electron chi connectivity index (χ4n) is 4.54. The second-order valence-electron chi connectivity index (χ2n) is 10.1. The minimum absolute atomic E-state index is 0.227. The quantitative estimate of drug-likeness (QED) is 0.321. The third kappa shape index (κ3) is 6.93. The van der Waals surface area contributed by atoms with Gasteiger partial charge in [0, 0.05) is 49.4 Å². The number of hydrogen-bond donors (Lipinski definition) is 4. The summed E-state index contributed by atoms with van der Waals surface area (Å²) in [5.74, 6) is 5.60. The van der Waals surface area contributed by atoms with Crippen molar-refractivity contribution in [2.75, 3.05) is 43.6 Å². The molecule has 2 aliphatic heterocycles. The maximum Gasteiger partial charge on any atom is 0.302 e.